The van der Waals surface area contributed by atoms with Crippen LogP contribution in [0.4, 0.5) is 0 Å². The Balaban J connectivity index is 1.75. The van der Waals surface area contributed by atoms with Crippen LogP contribution in [0.15, 0.2) is 0 Å². The number of hydrogen-bond acceptors (Lipinski definition) is 1. The normalized spacial score (nSPS) is 44.6. The van der Waals surface area contributed by atoms with Crippen LogP contribution in [0.1, 0.15) is 51.9 Å². The van der Waals surface area contributed by atoms with Gasteiger partial charge >= 0.3 is 0 Å². The highest BCUT2D eigenvalue weighted by Crippen LogP contribution is 2.62. The largest absolute Gasteiger partial charge is 0.316 e. The van der Waals surface area contributed by atoms with Crippen LogP contribution < -0.4 is 5.32 Å². The Morgan fingerprint density at radius 1 is 1.13 bits per heavy atom. The lowest BCUT2D eigenvalue weighted by atomic mass is 9.58. The van der Waals surface area contributed by atoms with Gasteiger partial charge in [-0.2, -0.15) is 0 Å². The Labute approximate surface area is 94.0 Å². The Hall–Kier alpha value is -0.0400. The molecule has 15 heavy (non-hydrogen) atoms. The average molecular weight is 207 g/mol. The SMILES string of the molecule is CCNCC1(C2CCC2)CC2CCC1C2. The molecule has 2 bridgehead atoms. The third kappa shape index (κ3) is 1.46. The highest BCUT2D eigenvalue weighted by molar-refractivity contribution is 5.06. The van der Waals surface area contributed by atoms with Crippen LogP contribution in [0, 0.1) is 23.2 Å². The number of rotatable bonds is 4. The molecule has 0 aromatic carbocycles. The molecule has 1 N–H and O–H groups in total. The van der Waals surface area contributed by atoms with Crippen LogP contribution in [0.3, 0.4) is 0 Å². The Bertz CT molecular complexity index is 233. The highest BCUT2D eigenvalue weighted by Gasteiger charge is 2.55. The lowest BCUT2D eigenvalue weighted by molar-refractivity contribution is 0.0238. The van der Waals surface area contributed by atoms with E-state index in [9.17, 15) is 0 Å². The molecule has 0 aromatic heterocycles. The summed E-state index contributed by atoms with van der Waals surface area (Å²) in [7, 11) is 0. The first-order valence-corrected chi connectivity index (χ1v) is 7.06. The zero-order valence-electron chi connectivity index (χ0n) is 10.1. The van der Waals surface area contributed by atoms with Crippen molar-refractivity contribution in [1.29, 1.82) is 0 Å². The lowest BCUT2D eigenvalue weighted by Crippen LogP contribution is -2.46. The van der Waals surface area contributed by atoms with E-state index in [0.717, 1.165) is 29.7 Å². The van der Waals surface area contributed by atoms with Gasteiger partial charge in [0.15, 0.2) is 0 Å². The molecule has 1 heteroatoms. The van der Waals surface area contributed by atoms with Crippen LogP contribution in [0.25, 0.3) is 0 Å². The van der Waals surface area contributed by atoms with Gasteiger partial charge in [0, 0.05) is 6.54 Å². The fourth-order valence-electron chi connectivity index (χ4n) is 4.69. The fraction of sp³-hybridized carbons (Fsp3) is 1.00. The van der Waals surface area contributed by atoms with E-state index in [1.54, 1.807) is 25.7 Å². The molecule has 3 saturated carbocycles. The third-order valence-electron chi connectivity index (χ3n) is 5.65. The van der Waals surface area contributed by atoms with Crippen molar-refractivity contribution in [2.45, 2.75) is 51.9 Å². The summed E-state index contributed by atoms with van der Waals surface area (Å²) in [5, 5.41) is 3.66. The van der Waals surface area contributed by atoms with Crippen molar-refractivity contribution in [3.8, 4) is 0 Å². The second-order valence-corrected chi connectivity index (χ2v) is 6.22. The molecule has 3 rings (SSSR count). The first-order valence-electron chi connectivity index (χ1n) is 7.06. The smallest absolute Gasteiger partial charge is 0.00131 e. The minimum atomic E-state index is 0.747. The molecule has 3 unspecified atom stereocenters. The molecule has 86 valence electrons. The molecule has 0 heterocycles. The van der Waals surface area contributed by atoms with E-state index in [0.29, 0.717) is 0 Å². The summed E-state index contributed by atoms with van der Waals surface area (Å²) in [5.41, 5.74) is 0.747. The van der Waals surface area contributed by atoms with Gasteiger partial charge in [-0.05, 0) is 61.8 Å². The lowest BCUT2D eigenvalue weighted by Gasteiger charge is -2.48. The predicted octanol–water partition coefficient (Wildman–Crippen LogP) is 3.20. The molecule has 3 atom stereocenters. The number of nitrogens with one attached hydrogen (secondary N) is 1. The van der Waals surface area contributed by atoms with Crippen LogP contribution >= 0.6 is 0 Å². The van der Waals surface area contributed by atoms with Crippen LogP contribution in [0.5, 0.6) is 0 Å². The van der Waals surface area contributed by atoms with E-state index in [4.69, 9.17) is 0 Å². The summed E-state index contributed by atoms with van der Waals surface area (Å²) in [6.07, 6.45) is 10.8. The second kappa shape index (κ2) is 3.76. The van der Waals surface area contributed by atoms with Crippen LogP contribution in [-0.4, -0.2) is 13.1 Å². The summed E-state index contributed by atoms with van der Waals surface area (Å²) >= 11 is 0. The van der Waals surface area contributed by atoms with Gasteiger partial charge in [-0.15, -0.1) is 0 Å². The molecule has 0 aliphatic heterocycles. The quantitative estimate of drug-likeness (QED) is 0.746. The van der Waals surface area contributed by atoms with E-state index in [2.05, 4.69) is 12.2 Å². The zero-order chi connectivity index (χ0) is 10.3. The van der Waals surface area contributed by atoms with Crippen molar-refractivity contribution in [2.75, 3.05) is 13.1 Å². The van der Waals surface area contributed by atoms with Crippen molar-refractivity contribution in [3.63, 3.8) is 0 Å². The van der Waals surface area contributed by atoms with E-state index in [1.165, 1.54) is 25.8 Å². The minimum absolute atomic E-state index is 0.747. The van der Waals surface area contributed by atoms with E-state index >= 15 is 0 Å². The molecule has 3 aliphatic rings. The summed E-state index contributed by atoms with van der Waals surface area (Å²) in [6.45, 7) is 4.74. The van der Waals surface area contributed by atoms with Gasteiger partial charge in [0.05, 0.1) is 0 Å². The Morgan fingerprint density at radius 2 is 2.00 bits per heavy atom. The molecule has 0 aromatic rings. The van der Waals surface area contributed by atoms with E-state index in [1.807, 2.05) is 0 Å². The van der Waals surface area contributed by atoms with Gasteiger partial charge in [-0.1, -0.05) is 19.8 Å². The summed E-state index contributed by atoms with van der Waals surface area (Å²) in [4.78, 5) is 0. The van der Waals surface area contributed by atoms with Crippen molar-refractivity contribution in [1.82, 2.24) is 5.32 Å². The number of fused-ring (bicyclic) bond motifs is 2. The Kier molecular flexibility index (Phi) is 2.54. The first-order chi connectivity index (χ1) is 7.35. The molecule has 3 aliphatic carbocycles. The topological polar surface area (TPSA) is 12.0 Å². The summed E-state index contributed by atoms with van der Waals surface area (Å²) in [5.74, 6) is 3.29. The van der Waals surface area contributed by atoms with E-state index < -0.39 is 0 Å². The second-order valence-electron chi connectivity index (χ2n) is 6.22. The maximum absolute atomic E-state index is 3.66. The highest BCUT2D eigenvalue weighted by atomic mass is 14.9. The molecule has 0 saturated heterocycles. The fourth-order valence-corrected chi connectivity index (χ4v) is 4.69. The molecule has 0 spiro atoms. The molecule has 3 fully saturated rings. The van der Waals surface area contributed by atoms with E-state index in [-0.39, 0.29) is 0 Å². The minimum Gasteiger partial charge on any atom is -0.316 e. The van der Waals surface area contributed by atoms with Crippen LogP contribution in [0.2, 0.25) is 0 Å². The molecule has 0 radical (unpaired) electrons. The van der Waals surface area contributed by atoms with Crippen molar-refractivity contribution < 1.29 is 0 Å². The van der Waals surface area contributed by atoms with Crippen molar-refractivity contribution >= 4 is 0 Å². The molecule has 1 nitrogen and oxygen atoms in total. The van der Waals surface area contributed by atoms with Gasteiger partial charge in [0.2, 0.25) is 0 Å². The maximum Gasteiger partial charge on any atom is 0.00131 e. The average Bonchev–Trinajstić information content (AvgIpc) is 2.72. The monoisotopic (exact) mass is 207 g/mol. The summed E-state index contributed by atoms with van der Waals surface area (Å²) in [6, 6.07) is 0. The zero-order valence-corrected chi connectivity index (χ0v) is 10.1. The van der Waals surface area contributed by atoms with Gasteiger partial charge in [0.1, 0.15) is 0 Å². The number of hydrogen-bond donors (Lipinski definition) is 1. The first kappa shape index (κ1) is 10.1. The third-order valence-corrected chi connectivity index (χ3v) is 5.65. The Morgan fingerprint density at radius 3 is 2.47 bits per heavy atom. The maximum atomic E-state index is 3.66. The van der Waals surface area contributed by atoms with Gasteiger partial charge < -0.3 is 5.32 Å². The van der Waals surface area contributed by atoms with Crippen molar-refractivity contribution in [3.05, 3.63) is 0 Å². The van der Waals surface area contributed by atoms with Gasteiger partial charge in [-0.25, -0.2) is 0 Å². The molecular formula is C14H25N. The predicted molar refractivity (Wildman–Crippen MR) is 63.8 cm³/mol. The molecular weight excluding hydrogens is 182 g/mol. The summed E-state index contributed by atoms with van der Waals surface area (Å²) < 4.78 is 0. The molecule has 0 amide bonds. The van der Waals surface area contributed by atoms with Gasteiger partial charge in [-0.3, -0.25) is 0 Å². The van der Waals surface area contributed by atoms with Crippen molar-refractivity contribution in [2.24, 2.45) is 23.2 Å². The van der Waals surface area contributed by atoms with Crippen LogP contribution in [-0.2, 0) is 0 Å². The standard InChI is InChI=1S/C14H25N/c1-2-15-10-14(12-4-3-5-12)9-11-6-7-13(14)8-11/h11-13,15H,2-10H2,1H3. The van der Waals surface area contributed by atoms with Gasteiger partial charge in [0.25, 0.3) is 0 Å².